The van der Waals surface area contributed by atoms with Gasteiger partial charge in [-0.25, -0.2) is 8.78 Å². The van der Waals surface area contributed by atoms with Crippen LogP contribution in [0.1, 0.15) is 25.8 Å². The Balaban J connectivity index is 2.57. The topological polar surface area (TPSA) is 26.0 Å². The molecule has 0 amide bonds. The van der Waals surface area contributed by atoms with Crippen LogP contribution in [-0.2, 0) is 6.42 Å². The van der Waals surface area contributed by atoms with Crippen LogP contribution < -0.4 is 5.73 Å². The van der Waals surface area contributed by atoms with Gasteiger partial charge in [0.15, 0.2) is 0 Å². The molecular formula is C12H17F2N. The first-order chi connectivity index (χ1) is 6.99. The van der Waals surface area contributed by atoms with Gasteiger partial charge >= 0.3 is 0 Å². The van der Waals surface area contributed by atoms with E-state index in [-0.39, 0.29) is 6.04 Å². The number of rotatable bonds is 4. The Morgan fingerprint density at radius 2 is 1.67 bits per heavy atom. The van der Waals surface area contributed by atoms with E-state index in [4.69, 9.17) is 5.73 Å². The molecule has 0 aromatic heterocycles. The second kappa shape index (κ2) is 5.21. The first-order valence-electron chi connectivity index (χ1n) is 5.19. The molecule has 1 aromatic rings. The molecule has 0 heterocycles. The smallest absolute Gasteiger partial charge is 0.126 e. The Morgan fingerprint density at radius 1 is 1.13 bits per heavy atom. The minimum absolute atomic E-state index is 0.0799. The monoisotopic (exact) mass is 213 g/mol. The van der Waals surface area contributed by atoms with E-state index in [2.05, 4.69) is 0 Å². The summed E-state index contributed by atoms with van der Waals surface area (Å²) in [5.74, 6) is -0.658. The normalized spacial score (nSPS) is 13.2. The van der Waals surface area contributed by atoms with Gasteiger partial charge in [-0.1, -0.05) is 13.8 Å². The van der Waals surface area contributed by atoms with Crippen molar-refractivity contribution in [2.45, 2.75) is 32.7 Å². The SMILES string of the molecule is CC(C)C(N)CCc1cc(F)cc(F)c1. The van der Waals surface area contributed by atoms with Gasteiger partial charge in [0.1, 0.15) is 11.6 Å². The molecule has 0 bridgehead atoms. The summed E-state index contributed by atoms with van der Waals surface area (Å²) in [5.41, 5.74) is 6.52. The van der Waals surface area contributed by atoms with Gasteiger partial charge in [0.2, 0.25) is 0 Å². The van der Waals surface area contributed by atoms with Crippen molar-refractivity contribution < 1.29 is 8.78 Å². The minimum atomic E-state index is -0.525. The van der Waals surface area contributed by atoms with Gasteiger partial charge in [-0.05, 0) is 36.5 Å². The molecule has 0 fully saturated rings. The highest BCUT2D eigenvalue weighted by Gasteiger charge is 2.08. The number of aryl methyl sites for hydroxylation is 1. The highest BCUT2D eigenvalue weighted by Crippen LogP contribution is 2.12. The van der Waals surface area contributed by atoms with Gasteiger partial charge in [-0.2, -0.15) is 0 Å². The highest BCUT2D eigenvalue weighted by atomic mass is 19.1. The van der Waals surface area contributed by atoms with Crippen LogP contribution in [0.25, 0.3) is 0 Å². The van der Waals surface area contributed by atoms with Gasteiger partial charge in [0.25, 0.3) is 0 Å². The molecule has 0 saturated heterocycles. The fourth-order valence-electron chi connectivity index (χ4n) is 1.42. The average Bonchev–Trinajstić information content (AvgIpc) is 2.12. The molecule has 0 radical (unpaired) electrons. The molecule has 0 aliphatic heterocycles. The van der Waals surface area contributed by atoms with Crippen LogP contribution in [0.4, 0.5) is 8.78 Å². The van der Waals surface area contributed by atoms with Crippen LogP contribution in [0.15, 0.2) is 18.2 Å². The molecule has 0 aliphatic rings. The lowest BCUT2D eigenvalue weighted by Gasteiger charge is -2.15. The Morgan fingerprint density at radius 3 is 2.13 bits per heavy atom. The molecule has 0 saturated carbocycles. The van der Waals surface area contributed by atoms with E-state index in [0.29, 0.717) is 17.9 Å². The largest absolute Gasteiger partial charge is 0.327 e. The lowest BCUT2D eigenvalue weighted by atomic mass is 9.97. The Labute approximate surface area is 89.3 Å². The van der Waals surface area contributed by atoms with Gasteiger partial charge in [-0.15, -0.1) is 0 Å². The van der Waals surface area contributed by atoms with Crippen molar-refractivity contribution in [3.8, 4) is 0 Å². The van der Waals surface area contributed by atoms with E-state index >= 15 is 0 Å². The number of hydrogen-bond acceptors (Lipinski definition) is 1. The van der Waals surface area contributed by atoms with Crippen molar-refractivity contribution >= 4 is 0 Å². The summed E-state index contributed by atoms with van der Waals surface area (Å²) in [5, 5.41) is 0. The third-order valence-electron chi connectivity index (χ3n) is 2.54. The van der Waals surface area contributed by atoms with E-state index in [1.807, 2.05) is 13.8 Å². The zero-order chi connectivity index (χ0) is 11.4. The summed E-state index contributed by atoms with van der Waals surface area (Å²) in [6, 6.07) is 3.68. The van der Waals surface area contributed by atoms with Crippen molar-refractivity contribution in [2.24, 2.45) is 11.7 Å². The van der Waals surface area contributed by atoms with Crippen LogP contribution in [0.2, 0.25) is 0 Å². The zero-order valence-corrected chi connectivity index (χ0v) is 9.13. The molecule has 1 nitrogen and oxygen atoms in total. The Bertz CT molecular complexity index is 303. The third-order valence-corrected chi connectivity index (χ3v) is 2.54. The molecule has 2 N–H and O–H groups in total. The van der Waals surface area contributed by atoms with E-state index < -0.39 is 11.6 Å². The summed E-state index contributed by atoms with van der Waals surface area (Å²) in [6.45, 7) is 4.08. The maximum absolute atomic E-state index is 12.8. The molecule has 0 aliphatic carbocycles. The minimum Gasteiger partial charge on any atom is -0.327 e. The van der Waals surface area contributed by atoms with Crippen LogP contribution >= 0.6 is 0 Å². The maximum atomic E-state index is 12.8. The second-order valence-corrected chi connectivity index (χ2v) is 4.22. The van der Waals surface area contributed by atoms with Gasteiger partial charge in [0, 0.05) is 12.1 Å². The number of nitrogens with two attached hydrogens (primary N) is 1. The Kier molecular flexibility index (Phi) is 4.21. The van der Waals surface area contributed by atoms with E-state index in [1.54, 1.807) is 0 Å². The predicted molar refractivity (Wildman–Crippen MR) is 57.5 cm³/mol. The molecular weight excluding hydrogens is 196 g/mol. The first-order valence-corrected chi connectivity index (χ1v) is 5.19. The standard InChI is InChI=1S/C12H17F2N/c1-8(2)12(15)4-3-9-5-10(13)7-11(14)6-9/h5-8,12H,3-4,15H2,1-2H3. The van der Waals surface area contributed by atoms with Crippen molar-refractivity contribution in [3.63, 3.8) is 0 Å². The van der Waals surface area contributed by atoms with E-state index in [0.717, 1.165) is 12.5 Å². The summed E-state index contributed by atoms with van der Waals surface area (Å²) < 4.78 is 25.7. The van der Waals surface area contributed by atoms with Crippen molar-refractivity contribution in [1.82, 2.24) is 0 Å². The molecule has 84 valence electrons. The summed E-state index contributed by atoms with van der Waals surface area (Å²) in [7, 11) is 0. The number of hydrogen-bond donors (Lipinski definition) is 1. The van der Waals surface area contributed by atoms with Crippen molar-refractivity contribution in [2.75, 3.05) is 0 Å². The fraction of sp³-hybridized carbons (Fsp3) is 0.500. The summed E-state index contributed by atoms with van der Waals surface area (Å²) >= 11 is 0. The second-order valence-electron chi connectivity index (χ2n) is 4.22. The van der Waals surface area contributed by atoms with Crippen molar-refractivity contribution in [3.05, 3.63) is 35.4 Å². The molecule has 1 rings (SSSR count). The molecule has 1 aromatic carbocycles. The van der Waals surface area contributed by atoms with Crippen LogP contribution in [0, 0.1) is 17.6 Å². The predicted octanol–water partition coefficient (Wildman–Crippen LogP) is 2.88. The van der Waals surface area contributed by atoms with E-state index in [9.17, 15) is 8.78 Å². The average molecular weight is 213 g/mol. The molecule has 1 atom stereocenters. The van der Waals surface area contributed by atoms with Crippen molar-refractivity contribution in [1.29, 1.82) is 0 Å². The van der Waals surface area contributed by atoms with Gasteiger partial charge < -0.3 is 5.73 Å². The lowest BCUT2D eigenvalue weighted by molar-refractivity contribution is 0.463. The summed E-state index contributed by atoms with van der Waals surface area (Å²) in [6.07, 6.45) is 1.37. The Hall–Kier alpha value is -0.960. The first kappa shape index (κ1) is 12.1. The highest BCUT2D eigenvalue weighted by molar-refractivity contribution is 5.18. The fourth-order valence-corrected chi connectivity index (χ4v) is 1.42. The van der Waals surface area contributed by atoms with Crippen LogP contribution in [0.5, 0.6) is 0 Å². The van der Waals surface area contributed by atoms with Gasteiger partial charge in [-0.3, -0.25) is 0 Å². The lowest BCUT2D eigenvalue weighted by Crippen LogP contribution is -2.26. The van der Waals surface area contributed by atoms with Gasteiger partial charge in [0.05, 0.1) is 0 Å². The molecule has 0 spiro atoms. The van der Waals surface area contributed by atoms with Crippen LogP contribution in [-0.4, -0.2) is 6.04 Å². The number of halogens is 2. The summed E-state index contributed by atoms with van der Waals surface area (Å²) in [4.78, 5) is 0. The quantitative estimate of drug-likeness (QED) is 0.817. The molecule has 1 unspecified atom stereocenters. The number of benzene rings is 1. The zero-order valence-electron chi connectivity index (χ0n) is 9.13. The maximum Gasteiger partial charge on any atom is 0.126 e. The van der Waals surface area contributed by atoms with E-state index in [1.165, 1.54) is 12.1 Å². The van der Waals surface area contributed by atoms with Crippen LogP contribution in [0.3, 0.4) is 0 Å². The third kappa shape index (κ3) is 3.96. The molecule has 15 heavy (non-hydrogen) atoms. The molecule has 3 heteroatoms.